The number of nitrogens with one attached hydrogen (secondary N) is 1. The third-order valence-electron chi connectivity index (χ3n) is 6.29. The molecule has 2 saturated heterocycles. The molecule has 2 aromatic rings. The summed E-state index contributed by atoms with van der Waals surface area (Å²) < 4.78 is 13.4. The number of anilines is 3. The first-order chi connectivity index (χ1) is 14.1. The summed E-state index contributed by atoms with van der Waals surface area (Å²) in [5.74, 6) is 0.821. The average molecular weight is 395 g/mol. The summed E-state index contributed by atoms with van der Waals surface area (Å²) in [4.78, 5) is 23.9. The normalized spacial score (nSPS) is 21.7. The molecule has 3 aliphatic rings. The number of hydrogen-bond donors (Lipinski definition) is 1. The highest BCUT2D eigenvalue weighted by Gasteiger charge is 2.37. The van der Waals surface area contributed by atoms with Crippen LogP contribution in [-0.2, 0) is 11.3 Å². The Kier molecular flexibility index (Phi) is 4.62. The number of pyridine rings is 1. The van der Waals surface area contributed by atoms with E-state index in [0.29, 0.717) is 0 Å². The summed E-state index contributed by atoms with van der Waals surface area (Å²) in [6.45, 7) is 7.39. The third-order valence-corrected chi connectivity index (χ3v) is 6.29. The van der Waals surface area contributed by atoms with E-state index in [1.807, 2.05) is 19.2 Å². The van der Waals surface area contributed by atoms with Gasteiger partial charge < -0.3 is 15.1 Å². The fourth-order valence-electron chi connectivity index (χ4n) is 4.80. The predicted octanol–water partition coefficient (Wildman–Crippen LogP) is 2.77. The van der Waals surface area contributed by atoms with Crippen LogP contribution in [0.15, 0.2) is 30.5 Å². The van der Waals surface area contributed by atoms with E-state index >= 15 is 0 Å². The summed E-state index contributed by atoms with van der Waals surface area (Å²) in [5, 5.41) is 3.05. The number of rotatable bonds is 3. The number of nitrogens with zero attached hydrogens (tertiary/aromatic N) is 4. The van der Waals surface area contributed by atoms with E-state index in [-0.39, 0.29) is 17.8 Å². The lowest BCUT2D eigenvalue weighted by atomic mass is 10.1. The van der Waals surface area contributed by atoms with Gasteiger partial charge in [-0.25, -0.2) is 9.37 Å². The van der Waals surface area contributed by atoms with Crippen LogP contribution in [0.4, 0.5) is 21.6 Å². The van der Waals surface area contributed by atoms with Crippen molar-refractivity contribution in [1.29, 1.82) is 0 Å². The highest BCUT2D eigenvalue weighted by molar-refractivity contribution is 6.03. The molecule has 5 rings (SSSR count). The van der Waals surface area contributed by atoms with Gasteiger partial charge in [0.15, 0.2) is 5.82 Å². The van der Waals surface area contributed by atoms with Crippen molar-refractivity contribution >= 4 is 23.1 Å². The molecule has 0 spiro atoms. The van der Waals surface area contributed by atoms with E-state index in [9.17, 15) is 9.18 Å². The lowest BCUT2D eigenvalue weighted by Crippen LogP contribution is -2.46. The van der Waals surface area contributed by atoms with Gasteiger partial charge in [0.2, 0.25) is 5.91 Å². The van der Waals surface area contributed by atoms with Gasteiger partial charge >= 0.3 is 0 Å². The van der Waals surface area contributed by atoms with Crippen LogP contribution in [0.5, 0.6) is 0 Å². The number of fused-ring (bicyclic) bond motifs is 3. The zero-order chi connectivity index (χ0) is 20.0. The molecule has 6 nitrogen and oxygen atoms in total. The second-order valence-corrected chi connectivity index (χ2v) is 8.25. The molecular formula is C22H26FN5O. The lowest BCUT2D eigenvalue weighted by Gasteiger charge is -2.37. The number of hydrogen-bond acceptors (Lipinski definition) is 5. The second-order valence-electron chi connectivity index (χ2n) is 8.25. The molecule has 29 heavy (non-hydrogen) atoms. The highest BCUT2D eigenvalue weighted by Crippen LogP contribution is 2.35. The highest BCUT2D eigenvalue weighted by atomic mass is 19.1. The van der Waals surface area contributed by atoms with E-state index in [1.54, 1.807) is 6.07 Å². The Morgan fingerprint density at radius 1 is 1.17 bits per heavy atom. The maximum absolute atomic E-state index is 13.4. The van der Waals surface area contributed by atoms with Gasteiger partial charge in [0.05, 0.1) is 5.69 Å². The van der Waals surface area contributed by atoms with Gasteiger partial charge in [-0.1, -0.05) is 0 Å². The molecule has 152 valence electrons. The summed E-state index contributed by atoms with van der Waals surface area (Å²) >= 11 is 0. The monoisotopic (exact) mass is 395 g/mol. The van der Waals surface area contributed by atoms with E-state index in [1.165, 1.54) is 6.07 Å². The molecule has 1 amide bonds. The van der Waals surface area contributed by atoms with Crippen molar-refractivity contribution in [2.24, 2.45) is 0 Å². The summed E-state index contributed by atoms with van der Waals surface area (Å²) in [5.41, 5.74) is 4.05. The Bertz CT molecular complexity index is 941. The molecule has 7 heteroatoms. The quantitative estimate of drug-likeness (QED) is 0.866. The molecule has 0 radical (unpaired) electrons. The molecule has 0 unspecified atom stereocenters. The van der Waals surface area contributed by atoms with E-state index in [4.69, 9.17) is 0 Å². The van der Waals surface area contributed by atoms with Gasteiger partial charge in [-0.2, -0.15) is 0 Å². The van der Waals surface area contributed by atoms with Crippen molar-refractivity contribution in [2.45, 2.75) is 32.4 Å². The fourth-order valence-corrected chi connectivity index (χ4v) is 4.80. The van der Waals surface area contributed by atoms with E-state index in [0.717, 1.165) is 80.4 Å². The summed E-state index contributed by atoms with van der Waals surface area (Å²) in [7, 11) is 0. The zero-order valence-electron chi connectivity index (χ0n) is 16.7. The standard InChI is InChI=1S/C22H26FN5O/c1-15-11-17(23)4-5-19(15)27-9-7-26(8-10-27)14-16-12-18-21(24-13-16)28-6-2-3-20(28)22(29)25-18/h4-5,11-13,20H,2-3,6-10,14H2,1H3,(H,25,29)/t20-/m0/s1. The Balaban J connectivity index is 1.24. The second kappa shape index (κ2) is 7.30. The minimum atomic E-state index is -0.183. The van der Waals surface area contributed by atoms with E-state index < -0.39 is 0 Å². The first-order valence-corrected chi connectivity index (χ1v) is 10.4. The van der Waals surface area contributed by atoms with Crippen molar-refractivity contribution in [1.82, 2.24) is 9.88 Å². The van der Waals surface area contributed by atoms with Crippen molar-refractivity contribution in [3.63, 3.8) is 0 Å². The molecule has 4 heterocycles. The molecule has 3 aliphatic heterocycles. The Morgan fingerprint density at radius 2 is 2.00 bits per heavy atom. The van der Waals surface area contributed by atoms with Gasteiger partial charge in [0.1, 0.15) is 11.9 Å². The number of carbonyl (C=O) groups excluding carboxylic acids is 1. The number of halogens is 1. The van der Waals surface area contributed by atoms with Crippen LogP contribution in [0.3, 0.4) is 0 Å². The Hall–Kier alpha value is -2.67. The van der Waals surface area contributed by atoms with Crippen molar-refractivity contribution in [3.05, 3.63) is 47.4 Å². The minimum Gasteiger partial charge on any atom is -0.369 e. The Labute approximate surface area is 170 Å². The molecule has 2 fully saturated rings. The van der Waals surface area contributed by atoms with Crippen LogP contribution in [-0.4, -0.2) is 54.6 Å². The molecule has 1 aromatic carbocycles. The smallest absolute Gasteiger partial charge is 0.247 e. The SMILES string of the molecule is Cc1cc(F)ccc1N1CCN(Cc2cnc3c(c2)NC(=O)[C@@H]2CCCN32)CC1. The summed E-state index contributed by atoms with van der Waals surface area (Å²) in [6, 6.07) is 7.03. The molecule has 1 aromatic heterocycles. The number of amides is 1. The number of aromatic nitrogens is 1. The van der Waals surface area contributed by atoms with Gasteiger partial charge in [-0.3, -0.25) is 9.69 Å². The van der Waals surface area contributed by atoms with Gasteiger partial charge in [0, 0.05) is 51.2 Å². The predicted molar refractivity (Wildman–Crippen MR) is 112 cm³/mol. The number of carbonyl (C=O) groups is 1. The number of aryl methyl sites for hydroxylation is 1. The van der Waals surface area contributed by atoms with Crippen LogP contribution >= 0.6 is 0 Å². The maximum atomic E-state index is 13.4. The molecule has 0 bridgehead atoms. The van der Waals surface area contributed by atoms with Gasteiger partial charge in [-0.05, 0) is 55.2 Å². The molecule has 0 saturated carbocycles. The number of piperazine rings is 1. The largest absolute Gasteiger partial charge is 0.369 e. The molecular weight excluding hydrogens is 369 g/mol. The van der Waals surface area contributed by atoms with Crippen LogP contribution in [0.1, 0.15) is 24.0 Å². The van der Waals surface area contributed by atoms with Crippen LogP contribution in [0, 0.1) is 12.7 Å². The van der Waals surface area contributed by atoms with Crippen molar-refractivity contribution < 1.29 is 9.18 Å². The molecule has 0 aliphatic carbocycles. The van der Waals surface area contributed by atoms with Crippen LogP contribution in [0.2, 0.25) is 0 Å². The fraction of sp³-hybridized carbons (Fsp3) is 0.455. The van der Waals surface area contributed by atoms with Crippen molar-refractivity contribution in [2.75, 3.05) is 47.8 Å². The first kappa shape index (κ1) is 18.4. The Morgan fingerprint density at radius 3 is 2.79 bits per heavy atom. The third kappa shape index (κ3) is 3.44. The first-order valence-electron chi connectivity index (χ1n) is 10.4. The van der Waals surface area contributed by atoms with Crippen LogP contribution < -0.4 is 15.1 Å². The van der Waals surface area contributed by atoms with Gasteiger partial charge in [0.25, 0.3) is 0 Å². The van der Waals surface area contributed by atoms with Crippen LogP contribution in [0.25, 0.3) is 0 Å². The molecule has 1 N–H and O–H groups in total. The zero-order valence-corrected chi connectivity index (χ0v) is 16.7. The van der Waals surface area contributed by atoms with Gasteiger partial charge in [-0.15, -0.1) is 0 Å². The van der Waals surface area contributed by atoms with Crippen molar-refractivity contribution in [3.8, 4) is 0 Å². The number of benzene rings is 1. The topological polar surface area (TPSA) is 51.7 Å². The lowest BCUT2D eigenvalue weighted by molar-refractivity contribution is -0.117. The maximum Gasteiger partial charge on any atom is 0.247 e. The summed E-state index contributed by atoms with van der Waals surface area (Å²) in [6.07, 6.45) is 3.90. The molecule has 1 atom stereocenters. The minimum absolute atomic E-state index is 0.0520. The average Bonchev–Trinajstić information content (AvgIpc) is 3.20. The van der Waals surface area contributed by atoms with E-state index in [2.05, 4.69) is 31.1 Å².